The zero-order valence-electron chi connectivity index (χ0n) is 17.0. The Morgan fingerprint density at radius 3 is 2.37 bits per heavy atom. The van der Waals surface area contributed by atoms with Crippen LogP contribution in [0, 0.1) is 0 Å². The number of rotatable bonds is 5. The molecule has 0 aliphatic carbocycles. The van der Waals surface area contributed by atoms with Crippen LogP contribution in [-0.2, 0) is 24.6 Å². The van der Waals surface area contributed by atoms with E-state index < -0.39 is 29.2 Å². The Morgan fingerprint density at radius 2 is 1.80 bits per heavy atom. The van der Waals surface area contributed by atoms with E-state index in [4.69, 9.17) is 0 Å². The molecule has 3 aromatic rings. The van der Waals surface area contributed by atoms with Crippen LogP contribution in [0.4, 0.5) is 13.2 Å². The summed E-state index contributed by atoms with van der Waals surface area (Å²) in [5.41, 5.74) is 0.556. The number of aryl methyl sites for hydroxylation is 1. The van der Waals surface area contributed by atoms with Crippen molar-refractivity contribution in [3.8, 4) is 0 Å². The maximum absolute atomic E-state index is 12.9. The van der Waals surface area contributed by atoms with Crippen molar-refractivity contribution in [3.63, 3.8) is 0 Å². The molecule has 30 heavy (non-hydrogen) atoms. The minimum absolute atomic E-state index is 0.0192. The quantitative estimate of drug-likeness (QED) is 0.686. The van der Waals surface area contributed by atoms with Crippen molar-refractivity contribution in [3.05, 3.63) is 57.6 Å². The zero-order chi connectivity index (χ0) is 22.2. The number of benzene rings is 1. The van der Waals surface area contributed by atoms with Crippen molar-refractivity contribution in [1.29, 1.82) is 0 Å². The van der Waals surface area contributed by atoms with Gasteiger partial charge >= 0.3 is 6.18 Å². The fourth-order valence-electron chi connectivity index (χ4n) is 3.22. The first kappa shape index (κ1) is 21.5. The Labute approximate surface area is 170 Å². The number of nitrogens with one attached hydrogen (secondary N) is 1. The van der Waals surface area contributed by atoms with Gasteiger partial charge in [0.2, 0.25) is 5.91 Å². The van der Waals surface area contributed by atoms with Crippen LogP contribution in [0.5, 0.6) is 0 Å². The van der Waals surface area contributed by atoms with Crippen molar-refractivity contribution in [2.75, 3.05) is 0 Å². The van der Waals surface area contributed by atoms with Crippen molar-refractivity contribution in [2.24, 2.45) is 7.05 Å². The van der Waals surface area contributed by atoms with Crippen LogP contribution in [0.2, 0.25) is 0 Å². The van der Waals surface area contributed by atoms with Gasteiger partial charge in [-0.05, 0) is 30.5 Å². The highest BCUT2D eigenvalue weighted by Gasteiger charge is 2.30. The fraction of sp³-hybridized carbons (Fsp3) is 0.400. The number of carbonyl (C=O) groups excluding carboxylic acids is 1. The Bertz CT molecular complexity index is 1130. The molecule has 2 aromatic heterocycles. The number of hydrogen-bond acceptors (Lipinski definition) is 4. The number of nitrogens with zero attached hydrogens (tertiary/aromatic N) is 4. The van der Waals surface area contributed by atoms with Crippen LogP contribution in [-0.4, -0.2) is 25.5 Å². The molecule has 0 aliphatic rings. The Balaban J connectivity index is 1.77. The third-order valence-corrected chi connectivity index (χ3v) is 4.84. The highest BCUT2D eigenvalue weighted by Crippen LogP contribution is 2.29. The molecule has 160 valence electrons. The molecule has 1 atom stereocenters. The molecule has 2 heterocycles. The van der Waals surface area contributed by atoms with Crippen molar-refractivity contribution < 1.29 is 18.0 Å². The van der Waals surface area contributed by atoms with Gasteiger partial charge in [0.1, 0.15) is 6.54 Å². The molecule has 0 spiro atoms. The van der Waals surface area contributed by atoms with Gasteiger partial charge in [-0.25, -0.2) is 4.68 Å². The van der Waals surface area contributed by atoms with E-state index in [0.29, 0.717) is 22.2 Å². The summed E-state index contributed by atoms with van der Waals surface area (Å²) in [5, 5.41) is 11.5. The SMILES string of the molecule is CC(C)c1nn(C)c2cnn(CC(=O)N[C@@H](C)c3ccc(C(F)(F)F)cc3)c(=O)c12. The molecule has 0 saturated heterocycles. The third kappa shape index (κ3) is 4.22. The second-order valence-electron chi connectivity index (χ2n) is 7.44. The molecule has 3 rings (SSSR count). The minimum Gasteiger partial charge on any atom is -0.348 e. The number of carbonyl (C=O) groups is 1. The highest BCUT2D eigenvalue weighted by molar-refractivity contribution is 5.81. The molecule has 0 bridgehead atoms. The van der Waals surface area contributed by atoms with Gasteiger partial charge in [-0.2, -0.15) is 23.4 Å². The monoisotopic (exact) mass is 421 g/mol. The van der Waals surface area contributed by atoms with Crippen LogP contribution < -0.4 is 10.9 Å². The average molecular weight is 421 g/mol. The van der Waals surface area contributed by atoms with Gasteiger partial charge in [0.15, 0.2) is 0 Å². The van der Waals surface area contributed by atoms with Crippen molar-refractivity contribution >= 4 is 16.8 Å². The van der Waals surface area contributed by atoms with Crippen LogP contribution in [0.3, 0.4) is 0 Å². The summed E-state index contributed by atoms with van der Waals surface area (Å²) in [4.78, 5) is 25.3. The van der Waals surface area contributed by atoms with E-state index in [1.165, 1.54) is 18.3 Å². The molecule has 10 heteroatoms. The fourth-order valence-corrected chi connectivity index (χ4v) is 3.22. The first-order valence-electron chi connectivity index (χ1n) is 9.38. The van der Waals surface area contributed by atoms with Crippen molar-refractivity contribution in [2.45, 2.75) is 45.5 Å². The van der Waals surface area contributed by atoms with E-state index in [1.807, 2.05) is 13.8 Å². The van der Waals surface area contributed by atoms with Crippen LogP contribution in [0.15, 0.2) is 35.3 Å². The van der Waals surface area contributed by atoms with Gasteiger partial charge in [-0.3, -0.25) is 14.3 Å². The molecule has 0 fully saturated rings. The predicted octanol–water partition coefficient (Wildman–Crippen LogP) is 3.15. The molecular weight excluding hydrogens is 399 g/mol. The first-order chi connectivity index (χ1) is 14.0. The molecule has 0 saturated carbocycles. The molecule has 0 aliphatic heterocycles. The first-order valence-corrected chi connectivity index (χ1v) is 9.38. The van der Waals surface area contributed by atoms with Crippen LogP contribution >= 0.6 is 0 Å². The summed E-state index contributed by atoms with van der Waals surface area (Å²) in [5.74, 6) is -0.461. The van der Waals surface area contributed by atoms with Crippen molar-refractivity contribution in [1.82, 2.24) is 24.9 Å². The number of fused-ring (bicyclic) bond motifs is 1. The summed E-state index contributed by atoms with van der Waals surface area (Å²) < 4.78 is 40.7. The number of hydrogen-bond donors (Lipinski definition) is 1. The van der Waals surface area contributed by atoms with Crippen LogP contribution in [0.25, 0.3) is 10.9 Å². The second-order valence-corrected chi connectivity index (χ2v) is 7.44. The molecule has 1 aromatic carbocycles. The van der Waals surface area contributed by atoms with Gasteiger partial charge in [0.05, 0.1) is 34.4 Å². The van der Waals surface area contributed by atoms with E-state index in [9.17, 15) is 22.8 Å². The summed E-state index contributed by atoms with van der Waals surface area (Å²) in [6.45, 7) is 5.18. The summed E-state index contributed by atoms with van der Waals surface area (Å²) >= 11 is 0. The lowest BCUT2D eigenvalue weighted by Gasteiger charge is -2.16. The van der Waals surface area contributed by atoms with Gasteiger partial charge in [-0.1, -0.05) is 26.0 Å². The van der Waals surface area contributed by atoms with E-state index in [1.54, 1.807) is 18.7 Å². The predicted molar refractivity (Wildman–Crippen MR) is 105 cm³/mol. The normalized spacial score (nSPS) is 13.1. The average Bonchev–Trinajstić information content (AvgIpc) is 3.01. The minimum atomic E-state index is -4.42. The van der Waals surface area contributed by atoms with Gasteiger partial charge < -0.3 is 5.32 Å². The molecular formula is C20H22F3N5O2. The number of halogens is 3. The molecule has 0 radical (unpaired) electrons. The summed E-state index contributed by atoms with van der Waals surface area (Å²) in [6, 6.07) is 4.02. The van der Waals surface area contributed by atoms with Gasteiger partial charge in [0, 0.05) is 7.05 Å². The topological polar surface area (TPSA) is 81.8 Å². The summed E-state index contributed by atoms with van der Waals surface area (Å²) in [6.07, 6.45) is -2.93. The Morgan fingerprint density at radius 1 is 1.17 bits per heavy atom. The lowest BCUT2D eigenvalue weighted by Crippen LogP contribution is -2.35. The van der Waals surface area contributed by atoms with E-state index in [2.05, 4.69) is 15.5 Å². The molecule has 7 nitrogen and oxygen atoms in total. The third-order valence-electron chi connectivity index (χ3n) is 4.84. The number of amides is 1. The van der Waals surface area contributed by atoms with Gasteiger partial charge in [0.25, 0.3) is 5.56 Å². The lowest BCUT2D eigenvalue weighted by molar-refractivity contribution is -0.137. The van der Waals surface area contributed by atoms with E-state index in [0.717, 1.165) is 16.8 Å². The van der Waals surface area contributed by atoms with E-state index >= 15 is 0 Å². The maximum atomic E-state index is 12.9. The lowest BCUT2D eigenvalue weighted by atomic mass is 10.1. The Hall–Kier alpha value is -3.17. The Kier molecular flexibility index (Phi) is 5.69. The smallest absolute Gasteiger partial charge is 0.348 e. The maximum Gasteiger partial charge on any atom is 0.416 e. The number of alkyl halides is 3. The largest absolute Gasteiger partial charge is 0.416 e. The van der Waals surface area contributed by atoms with Gasteiger partial charge in [-0.15, -0.1) is 0 Å². The second kappa shape index (κ2) is 7.92. The molecule has 1 N–H and O–H groups in total. The molecule has 0 unspecified atom stereocenters. The molecule has 1 amide bonds. The van der Waals surface area contributed by atoms with Crippen LogP contribution in [0.1, 0.15) is 49.6 Å². The standard InChI is InChI=1S/C20H22F3N5O2/c1-11(2)18-17-15(27(4)26-18)9-24-28(19(17)30)10-16(29)25-12(3)13-5-7-14(8-6-13)20(21,22)23/h5-9,11-12H,10H2,1-4H3,(H,25,29)/t12-/m0/s1. The summed E-state index contributed by atoms with van der Waals surface area (Å²) in [7, 11) is 1.72. The zero-order valence-corrected chi connectivity index (χ0v) is 17.0. The van der Waals surface area contributed by atoms with E-state index in [-0.39, 0.29) is 12.5 Å². The highest BCUT2D eigenvalue weighted by atomic mass is 19.4. The number of aromatic nitrogens is 4.